The number of rotatable bonds is 8. The standard InChI is InChI=1S/C20H26N2O5S2/c1-14(2)22(20(23)21-16-7-9-17(28-4)10-8-16)13-15-6-11-18(26-3)19(12-15)27-29(5,24)25/h6-12,14H,13H2,1-5H3,(H,21,23). The largest absolute Gasteiger partial charge is 0.493 e. The van der Waals surface area contributed by atoms with Crippen molar-refractivity contribution in [2.24, 2.45) is 0 Å². The SMILES string of the molecule is COc1ccc(CN(C(=O)Nc2ccc(SC)cc2)C(C)C)cc1OS(C)(=O)=O. The van der Waals surface area contributed by atoms with Gasteiger partial charge in [0.25, 0.3) is 0 Å². The van der Waals surface area contributed by atoms with Crippen molar-refractivity contribution < 1.29 is 22.1 Å². The molecule has 0 aromatic heterocycles. The van der Waals surface area contributed by atoms with Crippen molar-refractivity contribution in [3.8, 4) is 11.5 Å². The lowest BCUT2D eigenvalue weighted by atomic mass is 10.1. The van der Waals surface area contributed by atoms with Gasteiger partial charge in [0.1, 0.15) is 0 Å². The third-order valence-corrected chi connectivity index (χ3v) is 5.27. The summed E-state index contributed by atoms with van der Waals surface area (Å²) < 4.78 is 33.2. The molecule has 0 saturated carbocycles. The highest BCUT2D eigenvalue weighted by atomic mass is 32.2. The normalized spacial score (nSPS) is 11.2. The van der Waals surface area contributed by atoms with E-state index in [0.29, 0.717) is 17.0 Å². The van der Waals surface area contributed by atoms with E-state index in [2.05, 4.69) is 5.32 Å². The second-order valence-corrected chi connectivity index (χ2v) is 9.11. The molecule has 2 aromatic rings. The molecule has 0 spiro atoms. The molecule has 0 bridgehead atoms. The number of nitrogens with one attached hydrogen (secondary N) is 1. The molecule has 1 N–H and O–H groups in total. The predicted molar refractivity (Wildman–Crippen MR) is 116 cm³/mol. The first kappa shape index (κ1) is 22.9. The monoisotopic (exact) mass is 438 g/mol. The van der Waals surface area contributed by atoms with E-state index in [1.165, 1.54) is 7.11 Å². The van der Waals surface area contributed by atoms with Gasteiger partial charge in [-0.15, -0.1) is 11.8 Å². The highest BCUT2D eigenvalue weighted by Crippen LogP contribution is 2.30. The second-order valence-electron chi connectivity index (χ2n) is 6.65. The van der Waals surface area contributed by atoms with Crippen LogP contribution in [0.5, 0.6) is 11.5 Å². The number of hydrogen-bond donors (Lipinski definition) is 1. The van der Waals surface area contributed by atoms with Crippen LogP contribution in [0.1, 0.15) is 19.4 Å². The third-order valence-electron chi connectivity index (χ3n) is 4.05. The Bertz CT molecular complexity index is 944. The zero-order valence-corrected chi connectivity index (χ0v) is 18.8. The number of methoxy groups -OCH3 is 1. The molecule has 7 nitrogen and oxygen atoms in total. The van der Waals surface area contributed by atoms with Crippen LogP contribution in [0.4, 0.5) is 10.5 Å². The molecular weight excluding hydrogens is 412 g/mol. The second kappa shape index (κ2) is 9.89. The highest BCUT2D eigenvalue weighted by Gasteiger charge is 2.19. The van der Waals surface area contributed by atoms with Crippen LogP contribution in [-0.2, 0) is 16.7 Å². The van der Waals surface area contributed by atoms with Gasteiger partial charge in [-0.3, -0.25) is 0 Å². The van der Waals surface area contributed by atoms with Crippen molar-refractivity contribution in [2.75, 3.05) is 24.9 Å². The van der Waals surface area contributed by atoms with Crippen LogP contribution in [-0.4, -0.2) is 45.0 Å². The van der Waals surface area contributed by atoms with E-state index in [-0.39, 0.29) is 24.4 Å². The summed E-state index contributed by atoms with van der Waals surface area (Å²) in [6.07, 6.45) is 2.96. The van der Waals surface area contributed by atoms with Crippen molar-refractivity contribution in [3.05, 3.63) is 48.0 Å². The maximum atomic E-state index is 12.8. The van der Waals surface area contributed by atoms with Crippen LogP contribution >= 0.6 is 11.8 Å². The summed E-state index contributed by atoms with van der Waals surface area (Å²) in [6.45, 7) is 4.10. The molecule has 0 fully saturated rings. The molecule has 0 radical (unpaired) electrons. The molecule has 0 saturated heterocycles. The topological polar surface area (TPSA) is 84.9 Å². The molecule has 9 heteroatoms. The van der Waals surface area contributed by atoms with E-state index in [1.807, 2.05) is 44.4 Å². The van der Waals surface area contributed by atoms with Crippen molar-refractivity contribution >= 4 is 33.6 Å². The fraction of sp³-hybridized carbons (Fsp3) is 0.350. The van der Waals surface area contributed by atoms with Gasteiger partial charge in [0.15, 0.2) is 11.5 Å². The van der Waals surface area contributed by atoms with Crippen molar-refractivity contribution in [3.63, 3.8) is 0 Å². The summed E-state index contributed by atoms with van der Waals surface area (Å²) in [4.78, 5) is 15.6. The van der Waals surface area contributed by atoms with Gasteiger partial charge in [0, 0.05) is 23.2 Å². The van der Waals surface area contributed by atoms with E-state index < -0.39 is 10.1 Å². The molecular formula is C20H26N2O5S2. The maximum Gasteiger partial charge on any atom is 0.322 e. The Hall–Kier alpha value is -2.39. The molecule has 0 atom stereocenters. The third kappa shape index (κ3) is 6.86. The summed E-state index contributed by atoms with van der Waals surface area (Å²) in [5.74, 6) is 0.387. The number of carbonyl (C=O) groups excluding carboxylic acids is 1. The number of hydrogen-bond acceptors (Lipinski definition) is 6. The fourth-order valence-electron chi connectivity index (χ4n) is 2.60. The number of thioether (sulfide) groups is 1. The Kier molecular flexibility index (Phi) is 7.80. The summed E-state index contributed by atoms with van der Waals surface area (Å²) >= 11 is 1.63. The van der Waals surface area contributed by atoms with Crippen LogP contribution in [0.3, 0.4) is 0 Å². The number of nitrogens with zero attached hydrogens (tertiary/aromatic N) is 1. The first-order valence-corrected chi connectivity index (χ1v) is 11.9. The number of carbonyl (C=O) groups is 1. The zero-order valence-electron chi connectivity index (χ0n) is 17.1. The minimum absolute atomic E-state index is 0.0816. The van der Waals surface area contributed by atoms with Gasteiger partial charge < -0.3 is 19.1 Å². The molecule has 0 heterocycles. The maximum absolute atomic E-state index is 12.8. The number of urea groups is 1. The summed E-state index contributed by atoms with van der Waals surface area (Å²) in [5.41, 5.74) is 1.42. The van der Waals surface area contributed by atoms with Gasteiger partial charge in [0.05, 0.1) is 13.4 Å². The summed E-state index contributed by atoms with van der Waals surface area (Å²) in [5, 5.41) is 2.90. The zero-order chi connectivity index (χ0) is 21.6. The quantitative estimate of drug-likeness (QED) is 0.491. The Labute approximate surface area is 176 Å². The molecule has 0 aliphatic heterocycles. The van der Waals surface area contributed by atoms with Crippen molar-refractivity contribution in [2.45, 2.75) is 31.3 Å². The van der Waals surface area contributed by atoms with Gasteiger partial charge in [-0.05, 0) is 62.1 Å². The Morgan fingerprint density at radius 2 is 1.79 bits per heavy atom. The average Bonchev–Trinajstić information content (AvgIpc) is 2.65. The fourth-order valence-corrected chi connectivity index (χ4v) is 3.47. The van der Waals surface area contributed by atoms with Gasteiger partial charge in [-0.1, -0.05) is 6.07 Å². The first-order chi connectivity index (χ1) is 13.6. The molecule has 2 rings (SSSR count). The van der Waals surface area contributed by atoms with Gasteiger partial charge in [-0.25, -0.2) is 4.79 Å². The Morgan fingerprint density at radius 3 is 2.31 bits per heavy atom. The predicted octanol–water partition coefficient (Wildman–Crippen LogP) is 4.20. The molecule has 158 valence electrons. The number of anilines is 1. The Balaban J connectivity index is 2.20. The van der Waals surface area contributed by atoms with Gasteiger partial charge in [-0.2, -0.15) is 8.42 Å². The van der Waals surface area contributed by atoms with E-state index >= 15 is 0 Å². The molecule has 0 aliphatic rings. The average molecular weight is 439 g/mol. The number of amides is 2. The lowest BCUT2D eigenvalue weighted by molar-refractivity contribution is 0.193. The molecule has 0 unspecified atom stereocenters. The van der Waals surface area contributed by atoms with E-state index in [9.17, 15) is 13.2 Å². The first-order valence-electron chi connectivity index (χ1n) is 8.91. The Morgan fingerprint density at radius 1 is 1.14 bits per heavy atom. The lowest BCUT2D eigenvalue weighted by Crippen LogP contribution is -2.39. The molecule has 2 amide bonds. The molecule has 2 aromatic carbocycles. The number of ether oxygens (including phenoxy) is 1. The smallest absolute Gasteiger partial charge is 0.322 e. The summed E-state index contributed by atoms with van der Waals surface area (Å²) in [7, 11) is -2.28. The minimum Gasteiger partial charge on any atom is -0.493 e. The summed E-state index contributed by atoms with van der Waals surface area (Å²) in [6, 6.07) is 12.2. The minimum atomic E-state index is -3.71. The van der Waals surface area contributed by atoms with Crippen molar-refractivity contribution in [1.82, 2.24) is 4.90 Å². The molecule has 29 heavy (non-hydrogen) atoms. The van der Waals surface area contributed by atoms with Crippen molar-refractivity contribution in [1.29, 1.82) is 0 Å². The van der Waals surface area contributed by atoms with Gasteiger partial charge >= 0.3 is 16.1 Å². The van der Waals surface area contributed by atoms with Crippen LogP contribution in [0.2, 0.25) is 0 Å². The van der Waals surface area contributed by atoms with Crippen LogP contribution in [0.15, 0.2) is 47.4 Å². The number of benzene rings is 2. The van der Waals surface area contributed by atoms with E-state index in [4.69, 9.17) is 8.92 Å². The van der Waals surface area contributed by atoms with E-state index in [1.54, 1.807) is 34.9 Å². The lowest BCUT2D eigenvalue weighted by Gasteiger charge is -2.27. The molecule has 0 aliphatic carbocycles. The van der Waals surface area contributed by atoms with Crippen LogP contribution in [0, 0.1) is 0 Å². The van der Waals surface area contributed by atoms with Crippen LogP contribution in [0.25, 0.3) is 0 Å². The highest BCUT2D eigenvalue weighted by molar-refractivity contribution is 7.98. The van der Waals surface area contributed by atoms with Crippen LogP contribution < -0.4 is 14.2 Å². The van der Waals surface area contributed by atoms with Gasteiger partial charge in [0.2, 0.25) is 0 Å². The van der Waals surface area contributed by atoms with E-state index in [0.717, 1.165) is 11.2 Å².